The van der Waals surface area contributed by atoms with Gasteiger partial charge in [0.15, 0.2) is 0 Å². The molecule has 0 fully saturated rings. The zero-order valence-electron chi connectivity index (χ0n) is 11.9. The Hall–Kier alpha value is -2.50. The molecule has 0 saturated carbocycles. The van der Waals surface area contributed by atoms with Gasteiger partial charge in [-0.05, 0) is 26.0 Å². The van der Waals surface area contributed by atoms with Crippen LogP contribution in [0.4, 0.5) is 10.3 Å². The number of anilines is 1. The minimum absolute atomic E-state index is 0.114. The second kappa shape index (κ2) is 6.78. The normalized spacial score (nSPS) is 10.5. The summed E-state index contributed by atoms with van der Waals surface area (Å²) in [5.41, 5.74) is 0.671. The molecule has 0 saturated heterocycles. The van der Waals surface area contributed by atoms with E-state index in [0.29, 0.717) is 11.5 Å². The van der Waals surface area contributed by atoms with Crippen LogP contribution in [0.2, 0.25) is 0 Å². The lowest BCUT2D eigenvalue weighted by atomic mass is 10.2. The quantitative estimate of drug-likeness (QED) is 0.886. The number of benzene rings is 1. The van der Waals surface area contributed by atoms with Gasteiger partial charge in [0.2, 0.25) is 5.95 Å². The summed E-state index contributed by atoms with van der Waals surface area (Å²) in [4.78, 5) is 20.2. The average Bonchev–Trinajstić information content (AvgIpc) is 2.45. The number of nitrogens with one attached hydrogen (secondary N) is 2. The van der Waals surface area contributed by atoms with Crippen LogP contribution in [-0.2, 0) is 6.54 Å². The Bertz CT molecular complexity index is 631. The van der Waals surface area contributed by atoms with Crippen molar-refractivity contribution in [3.8, 4) is 0 Å². The number of amides is 1. The number of aromatic nitrogens is 2. The van der Waals surface area contributed by atoms with Gasteiger partial charge in [-0.3, -0.25) is 4.79 Å². The first kappa shape index (κ1) is 14.9. The van der Waals surface area contributed by atoms with Crippen LogP contribution in [-0.4, -0.2) is 21.9 Å². The molecule has 0 aliphatic heterocycles. The van der Waals surface area contributed by atoms with Crippen LogP contribution in [0.1, 0.15) is 29.9 Å². The Morgan fingerprint density at radius 2 is 2.05 bits per heavy atom. The lowest BCUT2D eigenvalue weighted by Crippen LogP contribution is -2.25. The van der Waals surface area contributed by atoms with Crippen LogP contribution in [0.15, 0.2) is 36.5 Å². The molecule has 5 nitrogen and oxygen atoms in total. The number of hydrogen-bond donors (Lipinski definition) is 2. The molecule has 1 amide bonds. The summed E-state index contributed by atoms with van der Waals surface area (Å²) in [6.07, 6.45) is 1.51. The second-order valence-electron chi connectivity index (χ2n) is 4.84. The van der Waals surface area contributed by atoms with Crippen LogP contribution >= 0.6 is 0 Å². The molecule has 21 heavy (non-hydrogen) atoms. The molecule has 0 aliphatic carbocycles. The Balaban J connectivity index is 2.02. The topological polar surface area (TPSA) is 66.9 Å². The first-order valence-corrected chi connectivity index (χ1v) is 6.67. The van der Waals surface area contributed by atoms with Crippen LogP contribution in [0.3, 0.4) is 0 Å². The molecule has 2 aromatic rings. The van der Waals surface area contributed by atoms with Crippen LogP contribution in [0, 0.1) is 5.82 Å². The molecular formula is C15H17FN4O. The molecule has 110 valence electrons. The zero-order chi connectivity index (χ0) is 15.2. The van der Waals surface area contributed by atoms with Crippen LogP contribution in [0.25, 0.3) is 0 Å². The van der Waals surface area contributed by atoms with Crippen molar-refractivity contribution in [3.05, 3.63) is 53.6 Å². The molecular weight excluding hydrogens is 271 g/mol. The zero-order valence-corrected chi connectivity index (χ0v) is 11.9. The van der Waals surface area contributed by atoms with Gasteiger partial charge in [-0.25, -0.2) is 14.4 Å². The van der Waals surface area contributed by atoms with E-state index in [-0.39, 0.29) is 30.0 Å². The van der Waals surface area contributed by atoms with E-state index in [1.165, 1.54) is 18.3 Å². The summed E-state index contributed by atoms with van der Waals surface area (Å²) in [7, 11) is 0. The van der Waals surface area contributed by atoms with Gasteiger partial charge in [0.25, 0.3) is 5.91 Å². The van der Waals surface area contributed by atoms with Crippen molar-refractivity contribution in [2.75, 3.05) is 5.32 Å². The SMILES string of the molecule is CC(C)Nc1nccc(C(=O)NCc2ccccc2F)n1. The monoisotopic (exact) mass is 288 g/mol. The summed E-state index contributed by atoms with van der Waals surface area (Å²) >= 11 is 0. The van der Waals surface area contributed by atoms with Gasteiger partial charge in [-0.1, -0.05) is 18.2 Å². The van der Waals surface area contributed by atoms with Crippen molar-refractivity contribution < 1.29 is 9.18 Å². The molecule has 2 rings (SSSR count). The van der Waals surface area contributed by atoms with Crippen molar-refractivity contribution in [1.29, 1.82) is 0 Å². The van der Waals surface area contributed by atoms with Crippen LogP contribution < -0.4 is 10.6 Å². The minimum Gasteiger partial charge on any atom is -0.352 e. The molecule has 1 aromatic heterocycles. The van der Waals surface area contributed by atoms with Crippen molar-refractivity contribution in [3.63, 3.8) is 0 Å². The molecule has 6 heteroatoms. The van der Waals surface area contributed by atoms with Gasteiger partial charge in [-0.2, -0.15) is 0 Å². The molecule has 0 spiro atoms. The van der Waals surface area contributed by atoms with Gasteiger partial charge < -0.3 is 10.6 Å². The van der Waals surface area contributed by atoms with E-state index in [9.17, 15) is 9.18 Å². The Morgan fingerprint density at radius 1 is 1.29 bits per heavy atom. The fourth-order valence-electron chi connectivity index (χ4n) is 1.72. The third-order valence-electron chi connectivity index (χ3n) is 2.70. The highest BCUT2D eigenvalue weighted by molar-refractivity contribution is 5.92. The fourth-order valence-corrected chi connectivity index (χ4v) is 1.72. The Labute approximate surface area is 122 Å². The summed E-state index contributed by atoms with van der Waals surface area (Å²) in [6, 6.07) is 8.00. The molecule has 0 aliphatic rings. The maximum Gasteiger partial charge on any atom is 0.270 e. The number of nitrogens with zero attached hydrogens (tertiary/aromatic N) is 2. The van der Waals surface area contributed by atoms with E-state index in [2.05, 4.69) is 20.6 Å². The molecule has 1 heterocycles. The summed E-state index contributed by atoms with van der Waals surface area (Å²) < 4.78 is 13.5. The number of hydrogen-bond acceptors (Lipinski definition) is 4. The maximum absolute atomic E-state index is 13.5. The third-order valence-corrected chi connectivity index (χ3v) is 2.70. The largest absolute Gasteiger partial charge is 0.352 e. The molecule has 0 atom stereocenters. The first-order valence-electron chi connectivity index (χ1n) is 6.67. The van der Waals surface area contributed by atoms with E-state index in [1.807, 2.05) is 13.8 Å². The summed E-state index contributed by atoms with van der Waals surface area (Å²) in [5, 5.41) is 5.66. The summed E-state index contributed by atoms with van der Waals surface area (Å²) in [5.74, 6) is -0.321. The Kier molecular flexibility index (Phi) is 4.81. The van der Waals surface area contributed by atoms with Gasteiger partial charge in [0, 0.05) is 24.3 Å². The third kappa shape index (κ3) is 4.24. The number of halogens is 1. The predicted octanol–water partition coefficient (Wildman–Crippen LogP) is 2.37. The van der Waals surface area contributed by atoms with Gasteiger partial charge in [0.05, 0.1) is 0 Å². The smallest absolute Gasteiger partial charge is 0.270 e. The maximum atomic E-state index is 13.5. The van der Waals surface area contributed by atoms with E-state index in [0.717, 1.165) is 0 Å². The average molecular weight is 288 g/mol. The van der Waals surface area contributed by atoms with Gasteiger partial charge >= 0.3 is 0 Å². The van der Waals surface area contributed by atoms with Gasteiger partial charge in [0.1, 0.15) is 11.5 Å². The van der Waals surface area contributed by atoms with E-state index >= 15 is 0 Å². The molecule has 0 bridgehead atoms. The van der Waals surface area contributed by atoms with Crippen molar-refractivity contribution in [2.24, 2.45) is 0 Å². The Morgan fingerprint density at radius 3 is 2.76 bits per heavy atom. The predicted molar refractivity (Wildman–Crippen MR) is 78.4 cm³/mol. The fraction of sp³-hybridized carbons (Fsp3) is 0.267. The lowest BCUT2D eigenvalue weighted by Gasteiger charge is -2.09. The number of rotatable bonds is 5. The first-order chi connectivity index (χ1) is 10.1. The lowest BCUT2D eigenvalue weighted by molar-refractivity contribution is 0.0945. The molecule has 0 unspecified atom stereocenters. The van der Waals surface area contributed by atoms with E-state index < -0.39 is 0 Å². The molecule has 1 aromatic carbocycles. The van der Waals surface area contributed by atoms with Crippen molar-refractivity contribution >= 4 is 11.9 Å². The molecule has 2 N–H and O–H groups in total. The second-order valence-corrected chi connectivity index (χ2v) is 4.84. The molecule has 0 radical (unpaired) electrons. The number of carbonyl (C=O) groups is 1. The van der Waals surface area contributed by atoms with Gasteiger partial charge in [-0.15, -0.1) is 0 Å². The van der Waals surface area contributed by atoms with E-state index in [4.69, 9.17) is 0 Å². The minimum atomic E-state index is -0.368. The van der Waals surface area contributed by atoms with Crippen molar-refractivity contribution in [1.82, 2.24) is 15.3 Å². The number of carbonyl (C=O) groups excluding carboxylic acids is 1. The highest BCUT2D eigenvalue weighted by Crippen LogP contribution is 2.07. The standard InChI is InChI=1S/C15H17FN4O/c1-10(2)19-15-17-8-7-13(20-15)14(21)18-9-11-5-3-4-6-12(11)16/h3-8,10H,9H2,1-2H3,(H,18,21)(H,17,19,20). The highest BCUT2D eigenvalue weighted by Gasteiger charge is 2.10. The van der Waals surface area contributed by atoms with E-state index in [1.54, 1.807) is 18.2 Å². The summed E-state index contributed by atoms with van der Waals surface area (Å²) in [6.45, 7) is 4.02. The van der Waals surface area contributed by atoms with Crippen LogP contribution in [0.5, 0.6) is 0 Å². The highest BCUT2D eigenvalue weighted by atomic mass is 19.1. The van der Waals surface area contributed by atoms with Crippen molar-refractivity contribution in [2.45, 2.75) is 26.4 Å².